The average Bonchev–Trinajstić information content (AvgIpc) is 2.59. The van der Waals surface area contributed by atoms with Crippen LogP contribution in [0, 0.1) is 0 Å². The van der Waals surface area contributed by atoms with Crippen LogP contribution >= 0.6 is 0 Å². The molecule has 2 aromatic rings. The summed E-state index contributed by atoms with van der Waals surface area (Å²) in [7, 11) is 0. The number of anilines is 2. The van der Waals surface area contributed by atoms with Gasteiger partial charge in [0.05, 0.1) is 6.54 Å². The van der Waals surface area contributed by atoms with Crippen LogP contribution in [0.25, 0.3) is 0 Å². The number of primary amides is 1. The highest BCUT2D eigenvalue weighted by Crippen LogP contribution is 2.16. The van der Waals surface area contributed by atoms with Crippen molar-refractivity contribution in [3.8, 4) is 5.75 Å². The van der Waals surface area contributed by atoms with Gasteiger partial charge in [0.2, 0.25) is 11.8 Å². The minimum absolute atomic E-state index is 0.0900. The Labute approximate surface area is 146 Å². The predicted octanol–water partition coefficient (Wildman–Crippen LogP) is 2.79. The van der Waals surface area contributed by atoms with Crippen LogP contribution in [0.15, 0.2) is 60.7 Å². The van der Waals surface area contributed by atoms with E-state index in [1.54, 1.807) is 18.2 Å². The van der Waals surface area contributed by atoms with Gasteiger partial charge in [0.25, 0.3) is 0 Å². The lowest BCUT2D eigenvalue weighted by molar-refractivity contribution is -0.114. The maximum Gasteiger partial charge on any atom is 0.248 e. The first-order valence-electron chi connectivity index (χ1n) is 7.75. The highest BCUT2D eigenvalue weighted by Gasteiger charge is 2.05. The average molecular weight is 339 g/mol. The first-order valence-corrected chi connectivity index (χ1v) is 7.75. The van der Waals surface area contributed by atoms with E-state index in [1.807, 2.05) is 31.2 Å². The van der Waals surface area contributed by atoms with Crippen LogP contribution in [0.1, 0.15) is 17.3 Å². The second kappa shape index (κ2) is 8.54. The summed E-state index contributed by atoms with van der Waals surface area (Å²) in [6.07, 6.45) is 0. The number of carbonyl (C=O) groups excluding carboxylic acids is 2. The fourth-order valence-corrected chi connectivity index (χ4v) is 2.01. The van der Waals surface area contributed by atoms with Crippen molar-refractivity contribution in [1.29, 1.82) is 0 Å². The molecule has 0 saturated carbocycles. The minimum Gasteiger partial charge on any atom is -0.489 e. The number of hydrogen-bond acceptors (Lipinski definition) is 4. The lowest BCUT2D eigenvalue weighted by atomic mass is 10.2. The third kappa shape index (κ3) is 6.02. The first-order chi connectivity index (χ1) is 11.9. The van der Waals surface area contributed by atoms with Gasteiger partial charge in [-0.25, -0.2) is 0 Å². The lowest BCUT2D eigenvalue weighted by Crippen LogP contribution is -2.22. The van der Waals surface area contributed by atoms with Crippen molar-refractivity contribution in [3.63, 3.8) is 0 Å². The van der Waals surface area contributed by atoms with Gasteiger partial charge in [-0.2, -0.15) is 0 Å². The summed E-state index contributed by atoms with van der Waals surface area (Å²) in [6.45, 7) is 6.24. The van der Waals surface area contributed by atoms with E-state index in [9.17, 15) is 9.59 Å². The summed E-state index contributed by atoms with van der Waals surface area (Å²) in [6, 6.07) is 13.8. The van der Waals surface area contributed by atoms with Crippen molar-refractivity contribution < 1.29 is 14.3 Å². The Bertz CT molecular complexity index is 770. The third-order valence-electron chi connectivity index (χ3n) is 3.22. The van der Waals surface area contributed by atoms with Crippen molar-refractivity contribution >= 4 is 23.2 Å². The molecule has 2 aromatic carbocycles. The van der Waals surface area contributed by atoms with E-state index in [-0.39, 0.29) is 12.5 Å². The number of nitrogens with two attached hydrogens (primary N) is 1. The van der Waals surface area contributed by atoms with E-state index < -0.39 is 5.91 Å². The molecule has 0 aliphatic carbocycles. The van der Waals surface area contributed by atoms with Gasteiger partial charge in [-0.05, 0) is 55.0 Å². The van der Waals surface area contributed by atoms with Crippen LogP contribution in [0.2, 0.25) is 0 Å². The van der Waals surface area contributed by atoms with E-state index >= 15 is 0 Å². The van der Waals surface area contributed by atoms with Crippen LogP contribution in [0.3, 0.4) is 0 Å². The van der Waals surface area contributed by atoms with Crippen molar-refractivity contribution in [2.45, 2.75) is 6.92 Å². The van der Waals surface area contributed by atoms with Gasteiger partial charge in [0.15, 0.2) is 0 Å². The Morgan fingerprint density at radius 3 is 2.48 bits per heavy atom. The van der Waals surface area contributed by atoms with E-state index in [2.05, 4.69) is 17.2 Å². The number of nitrogens with one attached hydrogen (secondary N) is 2. The summed E-state index contributed by atoms with van der Waals surface area (Å²) < 4.78 is 5.51. The standard InChI is InChI=1S/C19H21N3O3/c1-13(2)12-25-17-8-6-15(7-9-17)21-11-18(23)22-16-5-3-4-14(10-16)19(20)24/h3-10,21H,1,11-12H2,2H3,(H2,20,24)(H,22,23). The van der Waals surface area contributed by atoms with Crippen molar-refractivity contribution in [1.82, 2.24) is 0 Å². The topological polar surface area (TPSA) is 93.4 Å². The molecule has 6 heteroatoms. The summed E-state index contributed by atoms with van der Waals surface area (Å²) in [5.41, 5.74) is 7.82. The second-order valence-electron chi connectivity index (χ2n) is 5.62. The van der Waals surface area contributed by atoms with Gasteiger partial charge in [-0.15, -0.1) is 0 Å². The molecule has 2 amide bonds. The molecule has 6 nitrogen and oxygen atoms in total. The van der Waals surface area contributed by atoms with E-state index in [4.69, 9.17) is 10.5 Å². The van der Waals surface area contributed by atoms with Gasteiger partial charge < -0.3 is 21.1 Å². The molecule has 0 unspecified atom stereocenters. The number of ether oxygens (including phenoxy) is 1. The molecule has 2 rings (SSSR count). The molecule has 0 fully saturated rings. The molecule has 4 N–H and O–H groups in total. The van der Waals surface area contributed by atoms with Crippen molar-refractivity contribution in [3.05, 3.63) is 66.2 Å². The molecule has 0 aromatic heterocycles. The second-order valence-corrected chi connectivity index (χ2v) is 5.62. The van der Waals surface area contributed by atoms with Gasteiger partial charge in [0, 0.05) is 16.9 Å². The number of hydrogen-bond donors (Lipinski definition) is 3. The molecule has 0 spiro atoms. The van der Waals surface area contributed by atoms with E-state index in [0.717, 1.165) is 17.0 Å². The summed E-state index contributed by atoms with van der Waals surface area (Å²) >= 11 is 0. The predicted molar refractivity (Wildman–Crippen MR) is 98.8 cm³/mol. The molecular formula is C19H21N3O3. The van der Waals surface area contributed by atoms with Gasteiger partial charge in [0.1, 0.15) is 12.4 Å². The SMILES string of the molecule is C=C(C)COc1ccc(NCC(=O)Nc2cccc(C(N)=O)c2)cc1. The van der Waals surface area contributed by atoms with Crippen LogP contribution in [-0.4, -0.2) is 25.0 Å². The molecule has 0 aliphatic rings. The lowest BCUT2D eigenvalue weighted by Gasteiger charge is -2.10. The summed E-state index contributed by atoms with van der Waals surface area (Å²) in [4.78, 5) is 23.1. The summed E-state index contributed by atoms with van der Waals surface area (Å²) in [5.74, 6) is -0.0336. The minimum atomic E-state index is -0.539. The number of carbonyl (C=O) groups is 2. The molecule has 0 heterocycles. The highest BCUT2D eigenvalue weighted by molar-refractivity contribution is 5.97. The molecule has 0 bridgehead atoms. The third-order valence-corrected chi connectivity index (χ3v) is 3.22. The van der Waals surface area contributed by atoms with Crippen LogP contribution < -0.4 is 21.1 Å². The number of rotatable bonds is 8. The van der Waals surface area contributed by atoms with Gasteiger partial charge in [-0.3, -0.25) is 9.59 Å². The van der Waals surface area contributed by atoms with Crippen LogP contribution in [0.5, 0.6) is 5.75 Å². The normalized spacial score (nSPS) is 9.96. The van der Waals surface area contributed by atoms with Crippen LogP contribution in [-0.2, 0) is 4.79 Å². The quantitative estimate of drug-likeness (QED) is 0.645. The Hall–Kier alpha value is -3.28. The van der Waals surface area contributed by atoms with E-state index in [1.165, 1.54) is 6.07 Å². The molecule has 0 saturated heterocycles. The molecular weight excluding hydrogens is 318 g/mol. The summed E-state index contributed by atoms with van der Waals surface area (Å²) in [5, 5.41) is 5.73. The maximum atomic E-state index is 12.0. The monoisotopic (exact) mass is 339 g/mol. The molecule has 25 heavy (non-hydrogen) atoms. The van der Waals surface area contributed by atoms with E-state index in [0.29, 0.717) is 17.9 Å². The van der Waals surface area contributed by atoms with Crippen LogP contribution in [0.4, 0.5) is 11.4 Å². The fraction of sp³-hybridized carbons (Fsp3) is 0.158. The molecule has 0 radical (unpaired) electrons. The van der Waals surface area contributed by atoms with Gasteiger partial charge >= 0.3 is 0 Å². The molecule has 0 atom stereocenters. The zero-order chi connectivity index (χ0) is 18.2. The maximum absolute atomic E-state index is 12.0. The Balaban J connectivity index is 1.84. The zero-order valence-corrected chi connectivity index (χ0v) is 14.0. The molecule has 130 valence electrons. The largest absolute Gasteiger partial charge is 0.489 e. The van der Waals surface area contributed by atoms with Crippen molar-refractivity contribution in [2.75, 3.05) is 23.8 Å². The Morgan fingerprint density at radius 2 is 1.84 bits per heavy atom. The zero-order valence-electron chi connectivity index (χ0n) is 14.0. The number of benzene rings is 2. The Morgan fingerprint density at radius 1 is 1.12 bits per heavy atom. The van der Waals surface area contributed by atoms with Crippen molar-refractivity contribution in [2.24, 2.45) is 5.73 Å². The Kier molecular flexibility index (Phi) is 6.17. The highest BCUT2D eigenvalue weighted by atomic mass is 16.5. The van der Waals surface area contributed by atoms with Gasteiger partial charge in [-0.1, -0.05) is 12.6 Å². The number of amides is 2. The fourth-order valence-electron chi connectivity index (χ4n) is 2.01. The molecule has 0 aliphatic heterocycles. The smallest absolute Gasteiger partial charge is 0.248 e. The first kappa shape index (κ1) is 18.1.